The zero-order valence-corrected chi connectivity index (χ0v) is 16.2. The second-order valence-corrected chi connectivity index (χ2v) is 6.69. The molecule has 6 heteroatoms. The van der Waals surface area contributed by atoms with E-state index in [1.807, 2.05) is 36.4 Å². The lowest BCUT2D eigenvalue weighted by molar-refractivity contribution is 0.0490. The van der Waals surface area contributed by atoms with Crippen LogP contribution in [0.25, 0.3) is 10.9 Å². The highest BCUT2D eigenvalue weighted by Crippen LogP contribution is 2.15. The third kappa shape index (κ3) is 4.55. The van der Waals surface area contributed by atoms with Crippen molar-refractivity contribution in [3.8, 4) is 5.75 Å². The quantitative estimate of drug-likeness (QED) is 0.441. The van der Waals surface area contributed by atoms with Crippen molar-refractivity contribution < 1.29 is 14.3 Å². The van der Waals surface area contributed by atoms with Gasteiger partial charge in [0.25, 0.3) is 5.56 Å². The van der Waals surface area contributed by atoms with Gasteiger partial charge in [0.15, 0.2) is 0 Å². The van der Waals surface area contributed by atoms with Crippen molar-refractivity contribution in [1.82, 2.24) is 9.55 Å². The Morgan fingerprint density at radius 2 is 1.63 bits per heavy atom. The third-order valence-corrected chi connectivity index (χ3v) is 4.64. The fraction of sp³-hybridized carbons (Fsp3) is 0.125. The highest BCUT2D eigenvalue weighted by molar-refractivity contribution is 5.89. The van der Waals surface area contributed by atoms with Gasteiger partial charge in [-0.2, -0.15) is 0 Å². The smallest absolute Gasteiger partial charge is 0.338 e. The summed E-state index contributed by atoms with van der Waals surface area (Å²) in [5.41, 5.74) is 1.98. The molecule has 30 heavy (non-hydrogen) atoms. The predicted molar refractivity (Wildman–Crippen MR) is 114 cm³/mol. The Kier molecular flexibility index (Phi) is 5.85. The minimum atomic E-state index is -0.452. The molecular weight excluding hydrogens is 380 g/mol. The van der Waals surface area contributed by atoms with E-state index in [-0.39, 0.29) is 18.7 Å². The summed E-state index contributed by atoms with van der Waals surface area (Å²) in [6.07, 6.45) is 1.47. The molecule has 0 radical (unpaired) electrons. The Balaban J connectivity index is 1.31. The molecule has 3 aromatic carbocycles. The molecule has 150 valence electrons. The molecule has 0 spiro atoms. The van der Waals surface area contributed by atoms with Crippen LogP contribution >= 0.6 is 0 Å². The number of rotatable bonds is 7. The van der Waals surface area contributed by atoms with Crippen LogP contribution in [0, 0.1) is 0 Å². The Hall–Kier alpha value is -3.93. The van der Waals surface area contributed by atoms with E-state index in [1.54, 1.807) is 42.5 Å². The highest BCUT2D eigenvalue weighted by atomic mass is 16.5. The molecular formula is C24H20N2O4. The van der Waals surface area contributed by atoms with Crippen molar-refractivity contribution in [3.63, 3.8) is 0 Å². The summed E-state index contributed by atoms with van der Waals surface area (Å²) in [7, 11) is 0. The van der Waals surface area contributed by atoms with E-state index in [4.69, 9.17) is 9.47 Å². The molecule has 6 nitrogen and oxygen atoms in total. The third-order valence-electron chi connectivity index (χ3n) is 4.64. The average Bonchev–Trinajstić information content (AvgIpc) is 2.80. The number of benzene rings is 3. The maximum Gasteiger partial charge on any atom is 0.338 e. The highest BCUT2D eigenvalue weighted by Gasteiger charge is 2.09. The minimum Gasteiger partial charge on any atom is -0.489 e. The predicted octanol–water partition coefficient (Wildman–Crippen LogP) is 3.83. The molecule has 1 heterocycles. The zero-order valence-electron chi connectivity index (χ0n) is 16.2. The SMILES string of the molecule is O=C(OCCn1cnc2ccccc2c1=O)c1ccc(OCc2ccccc2)cc1. The number of hydrogen-bond acceptors (Lipinski definition) is 5. The second kappa shape index (κ2) is 9.05. The molecule has 0 amide bonds. The monoisotopic (exact) mass is 400 g/mol. The largest absolute Gasteiger partial charge is 0.489 e. The summed E-state index contributed by atoms with van der Waals surface area (Å²) in [6, 6.07) is 23.8. The number of nitrogens with zero attached hydrogens (tertiary/aromatic N) is 2. The van der Waals surface area contributed by atoms with Crippen LogP contribution in [0.3, 0.4) is 0 Å². The summed E-state index contributed by atoms with van der Waals surface area (Å²) >= 11 is 0. The first kappa shape index (κ1) is 19.4. The van der Waals surface area contributed by atoms with Crippen LogP contribution in [0.4, 0.5) is 0 Å². The average molecular weight is 400 g/mol. The second-order valence-electron chi connectivity index (χ2n) is 6.69. The Morgan fingerprint density at radius 3 is 2.43 bits per heavy atom. The van der Waals surface area contributed by atoms with Crippen LogP contribution in [-0.4, -0.2) is 22.1 Å². The Morgan fingerprint density at radius 1 is 0.900 bits per heavy atom. The maximum absolute atomic E-state index is 12.4. The van der Waals surface area contributed by atoms with E-state index >= 15 is 0 Å². The number of ether oxygens (including phenoxy) is 2. The molecule has 0 saturated heterocycles. The van der Waals surface area contributed by atoms with Gasteiger partial charge in [-0.3, -0.25) is 9.36 Å². The molecule has 0 bridgehead atoms. The standard InChI is InChI=1S/C24H20N2O4/c27-23-21-8-4-5-9-22(21)25-17-26(23)14-15-29-24(28)19-10-12-20(13-11-19)30-16-18-6-2-1-3-7-18/h1-13,17H,14-16H2. The maximum atomic E-state index is 12.4. The van der Waals surface area contributed by atoms with Gasteiger partial charge in [0.2, 0.25) is 0 Å². The number of aromatic nitrogens is 2. The van der Waals surface area contributed by atoms with Gasteiger partial charge >= 0.3 is 5.97 Å². The molecule has 1 aromatic heterocycles. The molecule has 0 N–H and O–H groups in total. The fourth-order valence-corrected chi connectivity index (χ4v) is 3.01. The lowest BCUT2D eigenvalue weighted by Gasteiger charge is -2.09. The van der Waals surface area contributed by atoms with Crippen molar-refractivity contribution in [1.29, 1.82) is 0 Å². The fourth-order valence-electron chi connectivity index (χ4n) is 3.01. The molecule has 0 aliphatic rings. The van der Waals surface area contributed by atoms with Crippen molar-refractivity contribution in [2.75, 3.05) is 6.61 Å². The topological polar surface area (TPSA) is 70.4 Å². The number of carbonyl (C=O) groups excluding carboxylic acids is 1. The minimum absolute atomic E-state index is 0.0744. The number of hydrogen-bond donors (Lipinski definition) is 0. The molecule has 0 aliphatic heterocycles. The van der Waals surface area contributed by atoms with Gasteiger partial charge in [-0.05, 0) is 42.0 Å². The van der Waals surface area contributed by atoms with Crippen LogP contribution in [-0.2, 0) is 17.9 Å². The van der Waals surface area contributed by atoms with Gasteiger partial charge in [-0.25, -0.2) is 9.78 Å². The molecule has 0 saturated carbocycles. The number of carbonyl (C=O) groups is 1. The first-order valence-corrected chi connectivity index (χ1v) is 9.59. The summed E-state index contributed by atoms with van der Waals surface area (Å²) < 4.78 is 12.5. The van der Waals surface area contributed by atoms with Crippen LogP contribution in [0.2, 0.25) is 0 Å². The lowest BCUT2D eigenvalue weighted by Crippen LogP contribution is -2.23. The van der Waals surface area contributed by atoms with Crippen LogP contribution in [0.5, 0.6) is 5.75 Å². The summed E-state index contributed by atoms with van der Waals surface area (Å²) in [5, 5.41) is 0.539. The number of fused-ring (bicyclic) bond motifs is 1. The van der Waals surface area contributed by atoms with Crippen LogP contribution in [0.15, 0.2) is 90.0 Å². The van der Waals surface area contributed by atoms with Gasteiger partial charge in [-0.1, -0.05) is 42.5 Å². The van der Waals surface area contributed by atoms with Crippen LogP contribution in [0.1, 0.15) is 15.9 Å². The Bertz CT molecular complexity index is 1200. The normalized spacial score (nSPS) is 10.7. The number of para-hydroxylation sites is 1. The van der Waals surface area contributed by atoms with E-state index in [9.17, 15) is 9.59 Å². The summed E-state index contributed by atoms with van der Waals surface area (Å²) in [6.45, 7) is 0.769. The summed E-state index contributed by atoms with van der Waals surface area (Å²) in [5.74, 6) is 0.218. The summed E-state index contributed by atoms with van der Waals surface area (Å²) in [4.78, 5) is 29.0. The Labute approximate surface area is 173 Å². The number of esters is 1. The van der Waals surface area contributed by atoms with Crippen LogP contribution < -0.4 is 10.3 Å². The van der Waals surface area contributed by atoms with Gasteiger partial charge in [0, 0.05) is 0 Å². The van der Waals surface area contributed by atoms with Crippen molar-refractivity contribution in [2.24, 2.45) is 0 Å². The van der Waals surface area contributed by atoms with Gasteiger partial charge < -0.3 is 9.47 Å². The molecule has 0 fully saturated rings. The van der Waals surface area contributed by atoms with E-state index in [1.165, 1.54) is 10.9 Å². The molecule has 0 aliphatic carbocycles. The van der Waals surface area contributed by atoms with Gasteiger partial charge in [-0.15, -0.1) is 0 Å². The first-order valence-electron chi connectivity index (χ1n) is 9.59. The van der Waals surface area contributed by atoms with Crippen molar-refractivity contribution >= 4 is 16.9 Å². The van der Waals surface area contributed by atoms with Crippen molar-refractivity contribution in [2.45, 2.75) is 13.2 Å². The molecule has 4 rings (SSSR count). The zero-order chi connectivity index (χ0) is 20.8. The molecule has 4 aromatic rings. The molecule has 0 atom stereocenters. The van der Waals surface area contributed by atoms with E-state index < -0.39 is 5.97 Å². The van der Waals surface area contributed by atoms with Crippen molar-refractivity contribution in [3.05, 3.63) is 107 Å². The van der Waals surface area contributed by atoms with E-state index in [2.05, 4.69) is 4.98 Å². The first-order chi connectivity index (χ1) is 14.7. The van der Waals surface area contributed by atoms with E-state index in [0.29, 0.717) is 28.8 Å². The molecule has 0 unspecified atom stereocenters. The lowest BCUT2D eigenvalue weighted by atomic mass is 10.2. The van der Waals surface area contributed by atoms with Gasteiger partial charge in [0.1, 0.15) is 19.0 Å². The van der Waals surface area contributed by atoms with E-state index in [0.717, 1.165) is 5.56 Å². The van der Waals surface area contributed by atoms with Gasteiger partial charge in [0.05, 0.1) is 29.3 Å².